The van der Waals surface area contributed by atoms with Crippen LogP contribution in [0, 0.1) is 5.92 Å². The fraction of sp³-hybridized carbons (Fsp3) is 0.625. The third-order valence-electron chi connectivity index (χ3n) is 5.04. The van der Waals surface area contributed by atoms with Crippen LogP contribution in [0.25, 0.3) is 0 Å². The predicted molar refractivity (Wildman–Crippen MR) is 87.5 cm³/mol. The molecule has 5 nitrogen and oxygen atoms in total. The second-order valence-corrected chi connectivity index (χ2v) is 7.37. The lowest BCUT2D eigenvalue weighted by atomic mass is 9.95. The number of aromatic nitrogens is 3. The Labute approximate surface area is 135 Å². The first-order valence-electron chi connectivity index (χ1n) is 8.07. The van der Waals surface area contributed by atoms with Gasteiger partial charge in [-0.25, -0.2) is 9.97 Å². The molecule has 0 saturated carbocycles. The molecule has 5 heterocycles. The third-order valence-corrected chi connectivity index (χ3v) is 5.67. The molecule has 0 amide bonds. The molecule has 2 aromatic heterocycles. The summed E-state index contributed by atoms with van der Waals surface area (Å²) in [5.41, 5.74) is 3.16. The Bertz CT molecular complexity index is 608. The van der Waals surface area contributed by atoms with Crippen molar-refractivity contribution in [3.05, 3.63) is 34.8 Å². The van der Waals surface area contributed by atoms with Gasteiger partial charge in [0, 0.05) is 57.0 Å². The van der Waals surface area contributed by atoms with Crippen LogP contribution in [-0.4, -0.2) is 50.0 Å². The van der Waals surface area contributed by atoms with Gasteiger partial charge in [-0.1, -0.05) is 0 Å². The smallest absolute Gasteiger partial charge is 0.122 e. The highest BCUT2D eigenvalue weighted by molar-refractivity contribution is 7.07. The van der Waals surface area contributed by atoms with Gasteiger partial charge in [-0.2, -0.15) is 0 Å². The van der Waals surface area contributed by atoms with Crippen molar-refractivity contribution >= 4 is 11.3 Å². The van der Waals surface area contributed by atoms with Crippen molar-refractivity contribution in [2.75, 3.05) is 19.6 Å². The zero-order chi connectivity index (χ0) is 14.9. The molecule has 3 saturated heterocycles. The maximum Gasteiger partial charge on any atom is 0.122 e. The van der Waals surface area contributed by atoms with E-state index in [0.29, 0.717) is 6.04 Å². The summed E-state index contributed by atoms with van der Waals surface area (Å²) in [6, 6.07) is 0.661. The summed E-state index contributed by atoms with van der Waals surface area (Å²) in [6.45, 7) is 5.58. The number of nitrogens with zero attached hydrogens (tertiary/aromatic N) is 5. The Morgan fingerprint density at radius 1 is 1.18 bits per heavy atom. The normalized spacial score (nSPS) is 26.4. The summed E-state index contributed by atoms with van der Waals surface area (Å²) in [5, 5.41) is 2.18. The van der Waals surface area contributed by atoms with Crippen molar-refractivity contribution in [1.82, 2.24) is 24.3 Å². The average Bonchev–Trinajstić information content (AvgIpc) is 3.06. The maximum atomic E-state index is 4.50. The Morgan fingerprint density at radius 2 is 2.14 bits per heavy atom. The molecule has 5 rings (SSSR count). The average molecular weight is 317 g/mol. The molecule has 3 aliphatic heterocycles. The second-order valence-electron chi connectivity index (χ2n) is 6.65. The summed E-state index contributed by atoms with van der Waals surface area (Å²) < 4.78 is 2.14. The van der Waals surface area contributed by atoms with E-state index in [2.05, 4.69) is 36.8 Å². The van der Waals surface area contributed by atoms with Crippen molar-refractivity contribution in [3.8, 4) is 0 Å². The fourth-order valence-corrected chi connectivity index (χ4v) is 4.42. The van der Waals surface area contributed by atoms with E-state index in [4.69, 9.17) is 0 Å². The zero-order valence-electron chi connectivity index (χ0n) is 13.1. The van der Waals surface area contributed by atoms with Crippen molar-refractivity contribution in [3.63, 3.8) is 0 Å². The summed E-state index contributed by atoms with van der Waals surface area (Å²) >= 11 is 1.70. The molecule has 6 heteroatoms. The minimum absolute atomic E-state index is 0.661. The van der Waals surface area contributed by atoms with Gasteiger partial charge in [0.25, 0.3) is 0 Å². The van der Waals surface area contributed by atoms with Crippen LogP contribution in [0.5, 0.6) is 0 Å². The number of thiazole rings is 1. The molecule has 3 fully saturated rings. The van der Waals surface area contributed by atoms with Gasteiger partial charge >= 0.3 is 0 Å². The fourth-order valence-electron chi connectivity index (χ4n) is 3.87. The van der Waals surface area contributed by atoms with Crippen LogP contribution < -0.4 is 0 Å². The summed E-state index contributed by atoms with van der Waals surface area (Å²) in [5.74, 6) is 1.97. The second kappa shape index (κ2) is 6.10. The van der Waals surface area contributed by atoms with Crippen molar-refractivity contribution < 1.29 is 0 Å². The highest BCUT2D eigenvalue weighted by Crippen LogP contribution is 2.29. The Hall–Kier alpha value is -1.24. The molecule has 3 aliphatic rings. The van der Waals surface area contributed by atoms with Gasteiger partial charge in [-0.15, -0.1) is 11.3 Å². The molecule has 0 aromatic carbocycles. The van der Waals surface area contributed by atoms with Crippen molar-refractivity contribution in [2.45, 2.75) is 32.0 Å². The molecule has 2 bridgehead atoms. The molecule has 2 aromatic rings. The van der Waals surface area contributed by atoms with E-state index in [1.54, 1.807) is 11.3 Å². The number of piperidine rings is 1. The number of hydrogen-bond acceptors (Lipinski definition) is 5. The molecule has 22 heavy (non-hydrogen) atoms. The van der Waals surface area contributed by atoms with Crippen LogP contribution in [0.4, 0.5) is 0 Å². The summed E-state index contributed by atoms with van der Waals surface area (Å²) in [4.78, 5) is 14.2. The first-order valence-corrected chi connectivity index (χ1v) is 9.02. The van der Waals surface area contributed by atoms with E-state index in [0.717, 1.165) is 19.0 Å². The van der Waals surface area contributed by atoms with Gasteiger partial charge in [-0.3, -0.25) is 9.80 Å². The van der Waals surface area contributed by atoms with Crippen LogP contribution in [0.1, 0.15) is 24.4 Å². The molecular weight excluding hydrogens is 294 g/mol. The van der Waals surface area contributed by atoms with E-state index < -0.39 is 0 Å². The van der Waals surface area contributed by atoms with E-state index >= 15 is 0 Å². The minimum atomic E-state index is 0.661. The Kier molecular flexibility index (Phi) is 3.98. The molecule has 0 N–H and O–H groups in total. The Morgan fingerprint density at radius 3 is 2.91 bits per heavy atom. The van der Waals surface area contributed by atoms with Crippen LogP contribution >= 0.6 is 11.3 Å². The lowest BCUT2D eigenvalue weighted by Gasteiger charge is -2.35. The van der Waals surface area contributed by atoms with Crippen molar-refractivity contribution in [2.24, 2.45) is 13.0 Å². The summed E-state index contributed by atoms with van der Waals surface area (Å²) in [6.07, 6.45) is 6.64. The van der Waals surface area contributed by atoms with Gasteiger partial charge in [0.05, 0.1) is 17.7 Å². The maximum absolute atomic E-state index is 4.50. The zero-order valence-corrected chi connectivity index (χ0v) is 13.9. The van der Waals surface area contributed by atoms with Gasteiger partial charge in [-0.05, 0) is 18.8 Å². The lowest BCUT2D eigenvalue weighted by molar-refractivity contribution is 0.119. The van der Waals surface area contributed by atoms with Gasteiger partial charge in [0.15, 0.2) is 0 Å². The van der Waals surface area contributed by atoms with E-state index in [9.17, 15) is 0 Å². The monoisotopic (exact) mass is 317 g/mol. The largest absolute Gasteiger partial charge is 0.337 e. The standard InChI is InChI=1S/C16H23N5S/c1-19-5-4-17-16(19)10-21-7-13-2-3-15(21)9-20(6-13)8-14-11-22-12-18-14/h4-5,11-13,15H,2-3,6-10H2,1H3/t13-,15+/m0/s1. The van der Waals surface area contributed by atoms with E-state index in [-0.39, 0.29) is 0 Å². The number of fused-ring (bicyclic) bond motifs is 4. The van der Waals surface area contributed by atoms with Crippen LogP contribution in [0.15, 0.2) is 23.3 Å². The quantitative estimate of drug-likeness (QED) is 0.864. The molecular formula is C16H23N5S. The predicted octanol–water partition coefficient (Wildman–Crippen LogP) is 1.97. The molecule has 118 valence electrons. The van der Waals surface area contributed by atoms with Crippen LogP contribution in [-0.2, 0) is 20.1 Å². The van der Waals surface area contributed by atoms with Crippen LogP contribution in [0.2, 0.25) is 0 Å². The third kappa shape index (κ3) is 2.95. The van der Waals surface area contributed by atoms with E-state index in [1.807, 2.05) is 17.9 Å². The lowest BCUT2D eigenvalue weighted by Crippen LogP contribution is -2.43. The van der Waals surface area contributed by atoms with Gasteiger partial charge in [0.2, 0.25) is 0 Å². The molecule has 0 spiro atoms. The molecule has 0 radical (unpaired) electrons. The topological polar surface area (TPSA) is 37.2 Å². The number of rotatable bonds is 4. The number of aryl methyl sites for hydroxylation is 1. The number of imidazole rings is 1. The molecule has 0 aliphatic carbocycles. The van der Waals surface area contributed by atoms with Gasteiger partial charge in [0.1, 0.15) is 5.82 Å². The first-order chi connectivity index (χ1) is 10.8. The van der Waals surface area contributed by atoms with Gasteiger partial charge < -0.3 is 4.57 Å². The van der Waals surface area contributed by atoms with Crippen molar-refractivity contribution in [1.29, 1.82) is 0 Å². The SMILES string of the molecule is Cn1ccnc1CN1C[C@H]2CC[C@@H]1CN(Cc1cscn1)C2. The number of hydrogen-bond donors (Lipinski definition) is 0. The van der Waals surface area contributed by atoms with Crippen LogP contribution in [0.3, 0.4) is 0 Å². The van der Waals surface area contributed by atoms with E-state index in [1.165, 1.54) is 44.0 Å². The first kappa shape index (κ1) is 14.4. The summed E-state index contributed by atoms with van der Waals surface area (Å²) in [7, 11) is 2.09. The highest BCUT2D eigenvalue weighted by atomic mass is 32.1. The Balaban J connectivity index is 1.45. The highest BCUT2D eigenvalue weighted by Gasteiger charge is 2.35. The molecule has 0 unspecified atom stereocenters. The minimum Gasteiger partial charge on any atom is -0.337 e. The molecule has 2 atom stereocenters.